The molecular weight excluding hydrogens is 217 g/mol. The minimum absolute atomic E-state index is 0.0881. The highest BCUT2D eigenvalue weighted by atomic mass is 32.1. The van der Waals surface area contributed by atoms with Gasteiger partial charge in [0.2, 0.25) is 5.13 Å². The molecular formula is C9H6FN3OS. The average molecular weight is 223 g/mol. The summed E-state index contributed by atoms with van der Waals surface area (Å²) in [6.45, 7) is 0. The van der Waals surface area contributed by atoms with Crippen molar-refractivity contribution in [3.63, 3.8) is 0 Å². The van der Waals surface area contributed by atoms with E-state index >= 15 is 0 Å². The molecule has 0 aliphatic heterocycles. The maximum absolute atomic E-state index is 12.8. The van der Waals surface area contributed by atoms with E-state index < -0.39 is 5.82 Å². The molecule has 0 aliphatic carbocycles. The number of aromatic nitrogens is 1. The number of aromatic hydroxyl groups is 1. The Balaban J connectivity index is 2.27. The Morgan fingerprint density at radius 1 is 1.33 bits per heavy atom. The molecule has 15 heavy (non-hydrogen) atoms. The summed E-state index contributed by atoms with van der Waals surface area (Å²) in [5.74, 6) is -0.586. The van der Waals surface area contributed by atoms with Crippen LogP contribution < -0.4 is 0 Å². The lowest BCUT2D eigenvalue weighted by Crippen LogP contribution is -1.72. The molecule has 0 radical (unpaired) electrons. The molecule has 1 aromatic carbocycles. The van der Waals surface area contributed by atoms with E-state index in [0.717, 1.165) is 12.1 Å². The summed E-state index contributed by atoms with van der Waals surface area (Å²) < 4.78 is 12.8. The Hall–Kier alpha value is -1.82. The Kier molecular flexibility index (Phi) is 2.68. The number of halogens is 1. The van der Waals surface area contributed by atoms with Gasteiger partial charge in [0.1, 0.15) is 17.3 Å². The van der Waals surface area contributed by atoms with E-state index in [2.05, 4.69) is 15.2 Å². The third-order valence-electron chi connectivity index (χ3n) is 1.60. The molecule has 1 aromatic heterocycles. The summed E-state index contributed by atoms with van der Waals surface area (Å²) in [4.78, 5) is 3.87. The van der Waals surface area contributed by atoms with Gasteiger partial charge in [-0.25, -0.2) is 9.37 Å². The summed E-state index contributed by atoms with van der Waals surface area (Å²) in [5.41, 5.74) is 0.0881. The first-order chi connectivity index (χ1) is 7.25. The van der Waals surface area contributed by atoms with E-state index in [4.69, 9.17) is 0 Å². The Morgan fingerprint density at radius 3 is 2.93 bits per heavy atom. The van der Waals surface area contributed by atoms with E-state index in [9.17, 15) is 9.50 Å². The molecule has 0 atom stereocenters. The molecule has 1 heterocycles. The fourth-order valence-corrected chi connectivity index (χ4v) is 1.39. The first-order valence-electron chi connectivity index (χ1n) is 4.05. The van der Waals surface area contributed by atoms with Gasteiger partial charge in [-0.05, 0) is 12.1 Å². The summed E-state index contributed by atoms with van der Waals surface area (Å²) in [7, 11) is 0. The maximum Gasteiger partial charge on any atom is 0.229 e. The third kappa shape index (κ3) is 2.35. The predicted molar refractivity (Wildman–Crippen MR) is 54.4 cm³/mol. The molecule has 2 rings (SSSR count). The number of hydrogen-bond donors (Lipinski definition) is 1. The predicted octanol–water partition coefficient (Wildman–Crippen LogP) is 3.40. The highest BCUT2D eigenvalue weighted by molar-refractivity contribution is 7.13. The first-order valence-corrected chi connectivity index (χ1v) is 4.93. The molecule has 0 aliphatic rings. The number of nitrogens with zero attached hydrogens (tertiary/aromatic N) is 3. The summed E-state index contributed by atoms with van der Waals surface area (Å²) in [5, 5.41) is 19.0. The summed E-state index contributed by atoms with van der Waals surface area (Å²) in [6.07, 6.45) is 1.59. The molecule has 4 nitrogen and oxygen atoms in total. The summed E-state index contributed by atoms with van der Waals surface area (Å²) >= 11 is 1.31. The standard InChI is InChI=1S/C9H6FN3OS/c10-6-1-2-8(14)7(5-6)12-13-9-11-3-4-15-9/h1-5,14H/b13-12+. The smallest absolute Gasteiger partial charge is 0.229 e. The van der Waals surface area contributed by atoms with Crippen LogP contribution in [0.3, 0.4) is 0 Å². The van der Waals surface area contributed by atoms with Crippen LogP contribution in [0.25, 0.3) is 0 Å². The molecule has 0 amide bonds. The van der Waals surface area contributed by atoms with Crippen LogP contribution in [0.4, 0.5) is 15.2 Å². The zero-order valence-electron chi connectivity index (χ0n) is 7.46. The fraction of sp³-hybridized carbons (Fsp3) is 0. The number of azo groups is 1. The molecule has 1 N–H and O–H groups in total. The number of phenolic OH excluding ortho intramolecular Hbond substituents is 1. The second kappa shape index (κ2) is 4.14. The highest BCUT2D eigenvalue weighted by Crippen LogP contribution is 2.28. The van der Waals surface area contributed by atoms with Crippen molar-refractivity contribution in [2.24, 2.45) is 10.2 Å². The molecule has 0 fully saturated rings. The second-order valence-electron chi connectivity index (χ2n) is 2.65. The monoisotopic (exact) mass is 223 g/mol. The van der Waals surface area contributed by atoms with Crippen LogP contribution in [0.1, 0.15) is 0 Å². The molecule has 6 heteroatoms. The minimum Gasteiger partial charge on any atom is -0.506 e. The van der Waals surface area contributed by atoms with E-state index in [1.807, 2.05) is 0 Å². The van der Waals surface area contributed by atoms with Gasteiger partial charge in [-0.2, -0.15) is 0 Å². The SMILES string of the molecule is Oc1ccc(F)cc1/N=N/c1nccs1. The maximum atomic E-state index is 12.8. The van der Waals surface area contributed by atoms with Crippen LogP contribution >= 0.6 is 11.3 Å². The zero-order valence-corrected chi connectivity index (χ0v) is 8.28. The van der Waals surface area contributed by atoms with Gasteiger partial charge < -0.3 is 5.11 Å². The van der Waals surface area contributed by atoms with E-state index in [0.29, 0.717) is 5.13 Å². The lowest BCUT2D eigenvalue weighted by Gasteiger charge is -1.95. The van der Waals surface area contributed by atoms with Crippen LogP contribution in [-0.2, 0) is 0 Å². The fourth-order valence-electron chi connectivity index (χ4n) is 0.939. The number of rotatable bonds is 2. The molecule has 0 saturated carbocycles. The topological polar surface area (TPSA) is 57.8 Å². The molecule has 2 aromatic rings. The average Bonchev–Trinajstić information content (AvgIpc) is 2.72. The van der Waals surface area contributed by atoms with Gasteiger partial charge >= 0.3 is 0 Å². The van der Waals surface area contributed by atoms with Crippen molar-refractivity contribution in [2.75, 3.05) is 0 Å². The second-order valence-corrected chi connectivity index (χ2v) is 3.52. The number of phenols is 1. The lowest BCUT2D eigenvalue weighted by molar-refractivity contribution is 0.474. The zero-order chi connectivity index (χ0) is 10.7. The quantitative estimate of drug-likeness (QED) is 0.793. The van der Waals surface area contributed by atoms with Crippen LogP contribution in [0.2, 0.25) is 0 Å². The van der Waals surface area contributed by atoms with Crippen molar-refractivity contribution in [1.29, 1.82) is 0 Å². The van der Waals surface area contributed by atoms with Crippen LogP contribution in [0.5, 0.6) is 5.75 Å². The molecule has 0 unspecified atom stereocenters. The summed E-state index contributed by atoms with van der Waals surface area (Å²) in [6, 6.07) is 3.48. The van der Waals surface area contributed by atoms with Crippen molar-refractivity contribution >= 4 is 22.2 Å². The minimum atomic E-state index is -0.471. The molecule has 0 spiro atoms. The largest absolute Gasteiger partial charge is 0.506 e. The normalized spacial score (nSPS) is 11.0. The van der Waals surface area contributed by atoms with Crippen molar-refractivity contribution in [3.05, 3.63) is 35.6 Å². The van der Waals surface area contributed by atoms with Gasteiger partial charge in [0.15, 0.2) is 0 Å². The van der Waals surface area contributed by atoms with Crippen molar-refractivity contribution in [3.8, 4) is 5.75 Å². The third-order valence-corrected chi connectivity index (χ3v) is 2.26. The number of hydrogen-bond acceptors (Lipinski definition) is 5. The van der Waals surface area contributed by atoms with Gasteiger partial charge in [-0.1, -0.05) is 0 Å². The van der Waals surface area contributed by atoms with Crippen LogP contribution in [0.15, 0.2) is 40.0 Å². The van der Waals surface area contributed by atoms with E-state index in [-0.39, 0.29) is 11.4 Å². The molecule has 0 bridgehead atoms. The number of thiazole rings is 1. The van der Waals surface area contributed by atoms with Gasteiger partial charge in [-0.3, -0.25) is 0 Å². The highest BCUT2D eigenvalue weighted by Gasteiger charge is 2.01. The Morgan fingerprint density at radius 2 is 2.20 bits per heavy atom. The first kappa shape index (κ1) is 9.72. The van der Waals surface area contributed by atoms with Crippen LogP contribution in [-0.4, -0.2) is 10.1 Å². The van der Waals surface area contributed by atoms with Gasteiger partial charge in [0.25, 0.3) is 0 Å². The molecule has 76 valence electrons. The van der Waals surface area contributed by atoms with E-state index in [1.54, 1.807) is 11.6 Å². The molecule has 0 saturated heterocycles. The van der Waals surface area contributed by atoms with Gasteiger partial charge in [0, 0.05) is 17.6 Å². The number of benzene rings is 1. The lowest BCUT2D eigenvalue weighted by atomic mass is 10.3. The van der Waals surface area contributed by atoms with Gasteiger partial charge in [0.05, 0.1) is 0 Å². The van der Waals surface area contributed by atoms with Crippen molar-refractivity contribution in [2.45, 2.75) is 0 Å². The van der Waals surface area contributed by atoms with Crippen molar-refractivity contribution < 1.29 is 9.50 Å². The van der Waals surface area contributed by atoms with E-state index in [1.165, 1.54) is 17.4 Å². The van der Waals surface area contributed by atoms with Crippen molar-refractivity contribution in [1.82, 2.24) is 4.98 Å². The Labute approximate surface area is 88.8 Å². The Bertz CT molecular complexity index is 484. The van der Waals surface area contributed by atoms with Crippen LogP contribution in [0, 0.1) is 5.82 Å². The van der Waals surface area contributed by atoms with Gasteiger partial charge in [-0.15, -0.1) is 21.6 Å².